The summed E-state index contributed by atoms with van der Waals surface area (Å²) in [4.78, 5) is 11.7. The molecule has 1 aliphatic carbocycles. The topological polar surface area (TPSA) is 80.7 Å². The minimum atomic E-state index is -3.70. The molecule has 24 heavy (non-hydrogen) atoms. The summed E-state index contributed by atoms with van der Waals surface area (Å²) >= 11 is 0. The molecule has 0 unspecified atom stereocenters. The van der Waals surface area contributed by atoms with Gasteiger partial charge < -0.3 is 9.84 Å². The van der Waals surface area contributed by atoms with E-state index in [1.807, 2.05) is 6.92 Å². The Balaban J connectivity index is 1.96. The van der Waals surface area contributed by atoms with Crippen LogP contribution in [0.2, 0.25) is 0 Å². The zero-order valence-electron chi connectivity index (χ0n) is 13.3. The fourth-order valence-electron chi connectivity index (χ4n) is 3.07. The van der Waals surface area contributed by atoms with Gasteiger partial charge in [0.05, 0.1) is 23.2 Å². The van der Waals surface area contributed by atoms with E-state index in [-0.39, 0.29) is 4.90 Å². The molecule has 0 amide bonds. The Kier molecular flexibility index (Phi) is 4.09. The number of carboxylic acid groups (broad SMARTS) is 1. The fraction of sp³-hybridized carbons (Fsp3) is 0.278. The Hall–Kier alpha value is -2.34. The first-order valence-corrected chi connectivity index (χ1v) is 9.08. The van der Waals surface area contributed by atoms with E-state index in [2.05, 4.69) is 0 Å². The number of ether oxygens (including phenoxy) is 1. The molecular weight excluding hydrogens is 328 g/mol. The molecule has 2 aromatic carbocycles. The number of sulfone groups is 1. The Morgan fingerprint density at radius 2 is 1.62 bits per heavy atom. The van der Waals surface area contributed by atoms with Gasteiger partial charge in [-0.25, -0.2) is 8.42 Å². The van der Waals surface area contributed by atoms with E-state index in [0.29, 0.717) is 11.3 Å². The molecule has 1 fully saturated rings. The van der Waals surface area contributed by atoms with Crippen molar-refractivity contribution >= 4 is 15.8 Å². The van der Waals surface area contributed by atoms with E-state index < -0.39 is 32.9 Å². The van der Waals surface area contributed by atoms with Crippen LogP contribution in [0, 0.1) is 12.8 Å². The number of benzene rings is 2. The highest BCUT2D eigenvalue weighted by Crippen LogP contribution is 2.54. The second-order valence-corrected chi connectivity index (χ2v) is 8.09. The van der Waals surface area contributed by atoms with Crippen molar-refractivity contribution in [3.8, 4) is 5.75 Å². The van der Waals surface area contributed by atoms with Gasteiger partial charge in [0, 0.05) is 5.92 Å². The third-order valence-corrected chi connectivity index (χ3v) is 6.68. The van der Waals surface area contributed by atoms with E-state index in [1.165, 1.54) is 19.2 Å². The highest BCUT2D eigenvalue weighted by atomic mass is 32.2. The zero-order chi connectivity index (χ0) is 17.5. The number of carbonyl (C=O) groups is 1. The van der Waals surface area contributed by atoms with Crippen molar-refractivity contribution < 1.29 is 23.1 Å². The zero-order valence-corrected chi connectivity index (χ0v) is 14.2. The Labute approximate surface area is 140 Å². The van der Waals surface area contributed by atoms with Crippen molar-refractivity contribution in [2.75, 3.05) is 7.11 Å². The van der Waals surface area contributed by atoms with Crippen LogP contribution in [0.5, 0.6) is 5.75 Å². The maximum atomic E-state index is 12.8. The quantitative estimate of drug-likeness (QED) is 0.900. The Bertz CT molecular complexity index is 853. The molecule has 0 spiro atoms. The summed E-state index contributed by atoms with van der Waals surface area (Å²) in [5.74, 6) is -1.91. The van der Waals surface area contributed by atoms with Crippen LogP contribution in [-0.4, -0.2) is 31.9 Å². The van der Waals surface area contributed by atoms with Crippen molar-refractivity contribution in [2.24, 2.45) is 5.92 Å². The average Bonchev–Trinajstić information content (AvgIpc) is 3.32. The molecule has 0 radical (unpaired) electrons. The molecule has 1 aliphatic rings. The third kappa shape index (κ3) is 2.78. The highest BCUT2D eigenvalue weighted by Gasteiger charge is 2.63. The van der Waals surface area contributed by atoms with Crippen LogP contribution in [0.3, 0.4) is 0 Å². The SMILES string of the molecule is COc1ccc([C@@H]2[C@H](C(=O)O)[C@@H]2S(=O)(=O)c2ccc(C)cc2)cc1. The molecule has 2 aromatic rings. The van der Waals surface area contributed by atoms with Gasteiger partial charge in [0.2, 0.25) is 0 Å². The van der Waals surface area contributed by atoms with Crippen LogP contribution in [0.15, 0.2) is 53.4 Å². The first-order valence-electron chi connectivity index (χ1n) is 7.53. The highest BCUT2D eigenvalue weighted by molar-refractivity contribution is 7.92. The molecule has 0 aromatic heterocycles. The van der Waals surface area contributed by atoms with E-state index in [4.69, 9.17) is 4.74 Å². The summed E-state index contributed by atoms with van der Waals surface area (Å²) in [5.41, 5.74) is 1.65. The number of rotatable bonds is 5. The normalized spacial score (nSPS) is 22.8. The minimum absolute atomic E-state index is 0.167. The molecule has 3 rings (SSSR count). The van der Waals surface area contributed by atoms with E-state index in [1.54, 1.807) is 36.4 Å². The lowest BCUT2D eigenvalue weighted by molar-refractivity contribution is -0.138. The van der Waals surface area contributed by atoms with Gasteiger partial charge in [-0.2, -0.15) is 0 Å². The molecule has 5 nitrogen and oxygen atoms in total. The molecule has 6 heteroatoms. The van der Waals surface area contributed by atoms with E-state index >= 15 is 0 Å². The van der Waals surface area contributed by atoms with Crippen molar-refractivity contribution in [3.63, 3.8) is 0 Å². The number of carboxylic acids is 1. The van der Waals surface area contributed by atoms with Crippen LogP contribution >= 0.6 is 0 Å². The second-order valence-electron chi connectivity index (χ2n) is 5.99. The van der Waals surface area contributed by atoms with Crippen molar-refractivity contribution in [2.45, 2.75) is 23.0 Å². The number of methoxy groups -OCH3 is 1. The van der Waals surface area contributed by atoms with Crippen molar-refractivity contribution in [3.05, 3.63) is 59.7 Å². The standard InChI is InChI=1S/C18H18O5S/c1-11-3-9-14(10-4-11)24(21,22)17-15(16(17)18(19)20)12-5-7-13(23-2)8-6-12/h3-10,15-17H,1-2H3,(H,19,20)/t15-,16+,17-/m1/s1. The number of hydrogen-bond acceptors (Lipinski definition) is 4. The summed E-state index contributed by atoms with van der Waals surface area (Å²) in [6.45, 7) is 1.87. The van der Waals surface area contributed by atoms with Crippen LogP contribution in [0.25, 0.3) is 0 Å². The molecular formula is C18H18O5S. The molecule has 0 aliphatic heterocycles. The first kappa shape index (κ1) is 16.5. The Morgan fingerprint density at radius 1 is 1.04 bits per heavy atom. The predicted octanol–water partition coefficient (Wildman–Crippen LogP) is 2.64. The molecule has 3 atom stereocenters. The average molecular weight is 346 g/mol. The smallest absolute Gasteiger partial charge is 0.308 e. The second kappa shape index (κ2) is 5.94. The maximum Gasteiger partial charge on any atom is 0.308 e. The molecule has 126 valence electrons. The largest absolute Gasteiger partial charge is 0.497 e. The summed E-state index contributed by atoms with van der Waals surface area (Å²) in [5, 5.41) is 8.48. The van der Waals surface area contributed by atoms with Gasteiger partial charge in [-0.15, -0.1) is 0 Å². The van der Waals surface area contributed by atoms with Crippen LogP contribution < -0.4 is 4.74 Å². The molecule has 0 bridgehead atoms. The number of hydrogen-bond donors (Lipinski definition) is 1. The van der Waals surface area contributed by atoms with E-state index in [0.717, 1.165) is 5.56 Å². The number of aryl methyl sites for hydroxylation is 1. The summed E-state index contributed by atoms with van der Waals surface area (Å²) in [6, 6.07) is 13.4. The fourth-order valence-corrected chi connectivity index (χ4v) is 5.19. The Morgan fingerprint density at radius 3 is 2.12 bits per heavy atom. The number of aliphatic carboxylic acids is 1. The van der Waals surface area contributed by atoms with Crippen molar-refractivity contribution in [1.29, 1.82) is 0 Å². The maximum absolute atomic E-state index is 12.8. The van der Waals surface area contributed by atoms with Gasteiger partial charge in [0.15, 0.2) is 9.84 Å². The van der Waals surface area contributed by atoms with Gasteiger partial charge in [-0.1, -0.05) is 29.8 Å². The monoisotopic (exact) mass is 346 g/mol. The molecule has 0 heterocycles. The van der Waals surface area contributed by atoms with Gasteiger partial charge in [0.1, 0.15) is 5.75 Å². The third-order valence-electron chi connectivity index (χ3n) is 4.45. The van der Waals surface area contributed by atoms with Crippen LogP contribution in [0.4, 0.5) is 0 Å². The lowest BCUT2D eigenvalue weighted by Crippen LogP contribution is -2.13. The van der Waals surface area contributed by atoms with Crippen LogP contribution in [-0.2, 0) is 14.6 Å². The predicted molar refractivity (Wildman–Crippen MR) is 89.0 cm³/mol. The van der Waals surface area contributed by atoms with Gasteiger partial charge in [-0.3, -0.25) is 4.79 Å². The molecule has 1 N–H and O–H groups in total. The van der Waals surface area contributed by atoms with E-state index in [9.17, 15) is 18.3 Å². The summed E-state index contributed by atoms with van der Waals surface area (Å²) in [7, 11) is -2.16. The van der Waals surface area contributed by atoms with Gasteiger partial charge in [0.25, 0.3) is 0 Å². The van der Waals surface area contributed by atoms with Gasteiger partial charge >= 0.3 is 5.97 Å². The lowest BCUT2D eigenvalue weighted by atomic mass is 10.1. The summed E-state index contributed by atoms with van der Waals surface area (Å²) in [6.07, 6.45) is 0. The van der Waals surface area contributed by atoms with Gasteiger partial charge in [-0.05, 0) is 36.8 Å². The van der Waals surface area contributed by atoms with Crippen molar-refractivity contribution in [1.82, 2.24) is 0 Å². The first-order chi connectivity index (χ1) is 11.4. The minimum Gasteiger partial charge on any atom is -0.497 e. The summed E-state index contributed by atoms with van der Waals surface area (Å²) < 4.78 is 30.8. The molecule has 1 saturated carbocycles. The molecule has 0 saturated heterocycles. The lowest BCUT2D eigenvalue weighted by Gasteiger charge is -2.05. The van der Waals surface area contributed by atoms with Crippen LogP contribution in [0.1, 0.15) is 17.0 Å².